The van der Waals surface area contributed by atoms with Crippen molar-refractivity contribution in [3.63, 3.8) is 0 Å². The highest BCUT2D eigenvalue weighted by Gasteiger charge is 2.28. The van der Waals surface area contributed by atoms with E-state index in [1.807, 2.05) is 0 Å². The molecule has 0 heterocycles. The Bertz CT molecular complexity index is 82.9. The van der Waals surface area contributed by atoms with Gasteiger partial charge >= 0.3 is 0 Å². The summed E-state index contributed by atoms with van der Waals surface area (Å²) in [6.45, 7) is 4.40. The highest BCUT2D eigenvalue weighted by Crippen LogP contribution is 2.32. The van der Waals surface area contributed by atoms with Crippen molar-refractivity contribution in [2.45, 2.75) is 32.8 Å². The van der Waals surface area contributed by atoms with E-state index in [9.17, 15) is 0 Å². The minimum atomic E-state index is 0.106. The van der Waals surface area contributed by atoms with E-state index in [0.29, 0.717) is 11.8 Å². The zero-order valence-corrected chi connectivity index (χ0v) is 6.00. The first kappa shape index (κ1) is 7.03. The Kier molecular flexibility index (Phi) is 2.09. The van der Waals surface area contributed by atoms with Gasteiger partial charge in [-0.25, -0.2) is 4.89 Å². The zero-order chi connectivity index (χ0) is 6.85. The molecule has 1 fully saturated rings. The molecule has 2 heteroatoms. The number of hydrogen-bond donors (Lipinski definition) is 1. The van der Waals surface area contributed by atoms with Crippen molar-refractivity contribution >= 4 is 0 Å². The van der Waals surface area contributed by atoms with Crippen LogP contribution in [0.25, 0.3) is 0 Å². The first-order chi connectivity index (χ1) is 4.24. The first-order valence-electron chi connectivity index (χ1n) is 3.54. The van der Waals surface area contributed by atoms with Crippen LogP contribution in [0.1, 0.15) is 26.7 Å². The third-order valence-electron chi connectivity index (χ3n) is 2.39. The van der Waals surface area contributed by atoms with Crippen LogP contribution in [0.2, 0.25) is 0 Å². The maximum atomic E-state index is 8.30. The smallest absolute Gasteiger partial charge is 0.0932 e. The lowest BCUT2D eigenvalue weighted by Gasteiger charge is -2.04. The predicted octanol–water partition coefficient (Wildman–Crippen LogP) is 1.91. The van der Waals surface area contributed by atoms with Crippen molar-refractivity contribution in [1.82, 2.24) is 0 Å². The van der Waals surface area contributed by atoms with Crippen molar-refractivity contribution in [3.05, 3.63) is 0 Å². The Labute approximate surface area is 55.8 Å². The monoisotopic (exact) mass is 130 g/mol. The van der Waals surface area contributed by atoms with Crippen molar-refractivity contribution in [2.75, 3.05) is 0 Å². The normalized spacial score (nSPS) is 43.7. The standard InChI is InChI=1S/C7H14O2/c1-5-3-7(9-8)4-6(5)2/h5-8H,3-4H2,1-2H3. The maximum absolute atomic E-state index is 8.30. The van der Waals surface area contributed by atoms with Crippen LogP contribution in [-0.2, 0) is 4.89 Å². The lowest BCUT2D eigenvalue weighted by Crippen LogP contribution is -2.04. The topological polar surface area (TPSA) is 29.5 Å². The molecule has 2 nitrogen and oxygen atoms in total. The second-order valence-corrected chi connectivity index (χ2v) is 3.15. The summed E-state index contributed by atoms with van der Waals surface area (Å²) < 4.78 is 0. The molecule has 0 aromatic rings. The summed E-state index contributed by atoms with van der Waals surface area (Å²) in [5.74, 6) is 1.42. The fourth-order valence-electron chi connectivity index (χ4n) is 1.48. The Morgan fingerprint density at radius 1 is 1.22 bits per heavy atom. The molecule has 0 aromatic heterocycles. The van der Waals surface area contributed by atoms with Crippen LogP contribution in [0.5, 0.6) is 0 Å². The van der Waals surface area contributed by atoms with Gasteiger partial charge in [0.25, 0.3) is 0 Å². The SMILES string of the molecule is CC1CC(OO)CC1C. The largest absolute Gasteiger partial charge is 0.252 e. The lowest BCUT2D eigenvalue weighted by molar-refractivity contribution is -0.277. The summed E-state index contributed by atoms with van der Waals surface area (Å²) in [7, 11) is 0. The summed E-state index contributed by atoms with van der Waals surface area (Å²) >= 11 is 0. The quantitative estimate of drug-likeness (QED) is 0.434. The van der Waals surface area contributed by atoms with Gasteiger partial charge in [-0.05, 0) is 24.7 Å². The van der Waals surface area contributed by atoms with Gasteiger partial charge in [-0.15, -0.1) is 0 Å². The minimum Gasteiger partial charge on any atom is -0.252 e. The summed E-state index contributed by atoms with van der Waals surface area (Å²) in [5, 5.41) is 8.30. The van der Waals surface area contributed by atoms with E-state index >= 15 is 0 Å². The Morgan fingerprint density at radius 2 is 1.67 bits per heavy atom. The van der Waals surface area contributed by atoms with Gasteiger partial charge in [-0.3, -0.25) is 5.26 Å². The van der Waals surface area contributed by atoms with E-state index in [1.165, 1.54) is 0 Å². The molecule has 0 bridgehead atoms. The molecule has 9 heavy (non-hydrogen) atoms. The average molecular weight is 130 g/mol. The van der Waals surface area contributed by atoms with Crippen molar-refractivity contribution < 1.29 is 10.1 Å². The van der Waals surface area contributed by atoms with E-state index in [0.717, 1.165) is 12.8 Å². The van der Waals surface area contributed by atoms with Crippen molar-refractivity contribution in [2.24, 2.45) is 11.8 Å². The fourth-order valence-corrected chi connectivity index (χ4v) is 1.48. The molecule has 0 spiro atoms. The third kappa shape index (κ3) is 1.43. The summed E-state index contributed by atoms with van der Waals surface area (Å²) in [4.78, 5) is 4.25. The zero-order valence-electron chi connectivity index (χ0n) is 6.00. The summed E-state index contributed by atoms with van der Waals surface area (Å²) in [6.07, 6.45) is 2.13. The number of hydrogen-bond acceptors (Lipinski definition) is 2. The lowest BCUT2D eigenvalue weighted by atomic mass is 10.0. The van der Waals surface area contributed by atoms with E-state index in [1.54, 1.807) is 0 Å². The van der Waals surface area contributed by atoms with E-state index in [2.05, 4.69) is 18.7 Å². The molecular formula is C7H14O2. The van der Waals surface area contributed by atoms with Crippen LogP contribution in [0.15, 0.2) is 0 Å². The molecule has 2 unspecified atom stereocenters. The van der Waals surface area contributed by atoms with Gasteiger partial charge in [0.15, 0.2) is 0 Å². The molecule has 1 rings (SSSR count). The maximum Gasteiger partial charge on any atom is 0.0932 e. The molecule has 0 aromatic carbocycles. The van der Waals surface area contributed by atoms with E-state index < -0.39 is 0 Å². The molecule has 54 valence electrons. The van der Waals surface area contributed by atoms with Crippen LogP contribution in [0, 0.1) is 11.8 Å². The number of rotatable bonds is 1. The second-order valence-electron chi connectivity index (χ2n) is 3.15. The van der Waals surface area contributed by atoms with Crippen molar-refractivity contribution in [1.29, 1.82) is 0 Å². The molecular weight excluding hydrogens is 116 g/mol. The summed E-state index contributed by atoms with van der Waals surface area (Å²) in [5.41, 5.74) is 0. The predicted molar refractivity (Wildman–Crippen MR) is 35.1 cm³/mol. The van der Waals surface area contributed by atoms with Gasteiger partial charge in [0.05, 0.1) is 6.10 Å². The van der Waals surface area contributed by atoms with Crippen LogP contribution >= 0.6 is 0 Å². The van der Waals surface area contributed by atoms with Gasteiger partial charge in [0.1, 0.15) is 0 Å². The molecule has 1 aliphatic rings. The average Bonchev–Trinajstić information content (AvgIpc) is 2.13. The second kappa shape index (κ2) is 2.67. The fraction of sp³-hybridized carbons (Fsp3) is 1.00. The molecule has 1 N–H and O–H groups in total. The molecule has 0 radical (unpaired) electrons. The van der Waals surface area contributed by atoms with Crippen LogP contribution in [0.3, 0.4) is 0 Å². The van der Waals surface area contributed by atoms with Gasteiger partial charge in [-0.1, -0.05) is 13.8 Å². The van der Waals surface area contributed by atoms with Gasteiger partial charge in [0, 0.05) is 0 Å². The van der Waals surface area contributed by atoms with E-state index in [-0.39, 0.29) is 6.10 Å². The highest BCUT2D eigenvalue weighted by molar-refractivity contribution is 4.77. The van der Waals surface area contributed by atoms with Crippen LogP contribution in [0.4, 0.5) is 0 Å². The van der Waals surface area contributed by atoms with E-state index in [4.69, 9.17) is 5.26 Å². The highest BCUT2D eigenvalue weighted by atomic mass is 17.1. The molecule has 0 aliphatic heterocycles. The van der Waals surface area contributed by atoms with Gasteiger partial charge < -0.3 is 0 Å². The Morgan fingerprint density at radius 3 is 1.89 bits per heavy atom. The molecule has 0 amide bonds. The van der Waals surface area contributed by atoms with Crippen LogP contribution < -0.4 is 0 Å². The molecule has 1 saturated carbocycles. The minimum absolute atomic E-state index is 0.106. The van der Waals surface area contributed by atoms with Gasteiger partial charge in [-0.2, -0.15) is 0 Å². The third-order valence-corrected chi connectivity index (χ3v) is 2.39. The Balaban J connectivity index is 2.35. The molecule has 1 aliphatic carbocycles. The van der Waals surface area contributed by atoms with Gasteiger partial charge in [0.2, 0.25) is 0 Å². The van der Waals surface area contributed by atoms with Crippen LogP contribution in [-0.4, -0.2) is 11.4 Å². The molecule has 0 saturated heterocycles. The first-order valence-corrected chi connectivity index (χ1v) is 3.54. The Hall–Kier alpha value is -0.0800. The van der Waals surface area contributed by atoms with Crippen molar-refractivity contribution in [3.8, 4) is 0 Å². The summed E-state index contributed by atoms with van der Waals surface area (Å²) in [6, 6.07) is 0. The molecule has 2 atom stereocenters.